The molecule has 0 unspecified atom stereocenters. The van der Waals surface area contributed by atoms with Gasteiger partial charge in [0.15, 0.2) is 0 Å². The van der Waals surface area contributed by atoms with Crippen molar-refractivity contribution < 1.29 is 23.1 Å². The number of aliphatic carboxylic acids is 1. The molecule has 1 aromatic carbocycles. The first kappa shape index (κ1) is 13.9. The fraction of sp³-hybridized carbons (Fsp3) is 0.500. The molecular weight excluding hydrogens is 257 g/mol. The van der Waals surface area contributed by atoms with Gasteiger partial charge in [0.25, 0.3) is 0 Å². The Morgan fingerprint density at radius 3 is 2.32 bits per heavy atom. The number of hydrogen-bond donors (Lipinski definition) is 1. The molecule has 1 aromatic rings. The van der Waals surface area contributed by atoms with Crippen LogP contribution in [0.5, 0.6) is 0 Å². The molecule has 1 aliphatic carbocycles. The van der Waals surface area contributed by atoms with Gasteiger partial charge in [-0.1, -0.05) is 25.0 Å². The van der Waals surface area contributed by atoms with Gasteiger partial charge in [-0.25, -0.2) is 0 Å². The lowest BCUT2D eigenvalue weighted by Crippen LogP contribution is -2.33. The smallest absolute Gasteiger partial charge is 0.416 e. The minimum atomic E-state index is -4.45. The Morgan fingerprint density at radius 2 is 1.84 bits per heavy atom. The van der Waals surface area contributed by atoms with Crippen LogP contribution in [-0.4, -0.2) is 11.1 Å². The van der Waals surface area contributed by atoms with Crippen molar-refractivity contribution in [1.82, 2.24) is 0 Å². The van der Waals surface area contributed by atoms with Crippen molar-refractivity contribution in [3.05, 3.63) is 34.9 Å². The highest BCUT2D eigenvalue weighted by Gasteiger charge is 2.44. The summed E-state index contributed by atoms with van der Waals surface area (Å²) in [5.74, 6) is -1.03. The Balaban J connectivity index is 2.54. The molecule has 0 saturated heterocycles. The van der Waals surface area contributed by atoms with Crippen LogP contribution >= 0.6 is 0 Å². The first-order chi connectivity index (χ1) is 8.77. The maximum absolute atomic E-state index is 12.9. The molecule has 2 nitrogen and oxygen atoms in total. The summed E-state index contributed by atoms with van der Waals surface area (Å²) < 4.78 is 38.7. The summed E-state index contributed by atoms with van der Waals surface area (Å²) >= 11 is 0. The van der Waals surface area contributed by atoms with Crippen LogP contribution in [0.1, 0.15) is 42.4 Å². The average molecular weight is 272 g/mol. The van der Waals surface area contributed by atoms with Crippen molar-refractivity contribution >= 4 is 5.97 Å². The minimum Gasteiger partial charge on any atom is -0.481 e. The third-order valence-corrected chi connectivity index (χ3v) is 3.96. The first-order valence-corrected chi connectivity index (χ1v) is 6.19. The molecule has 104 valence electrons. The van der Waals surface area contributed by atoms with E-state index < -0.39 is 23.1 Å². The van der Waals surface area contributed by atoms with E-state index in [0.29, 0.717) is 12.8 Å². The van der Waals surface area contributed by atoms with Crippen LogP contribution in [0.2, 0.25) is 0 Å². The van der Waals surface area contributed by atoms with E-state index in [4.69, 9.17) is 0 Å². The van der Waals surface area contributed by atoms with Gasteiger partial charge in [-0.15, -0.1) is 0 Å². The Morgan fingerprint density at radius 1 is 1.26 bits per heavy atom. The Bertz CT molecular complexity index is 500. The highest BCUT2D eigenvalue weighted by atomic mass is 19.4. The number of halogens is 3. The molecule has 1 saturated carbocycles. The lowest BCUT2D eigenvalue weighted by atomic mass is 9.78. The van der Waals surface area contributed by atoms with E-state index in [9.17, 15) is 23.1 Å². The lowest BCUT2D eigenvalue weighted by Gasteiger charge is -2.25. The standard InChI is InChI=1S/C14H15F3O2/c1-9-4-5-10(8-11(9)14(15,16)17)13(12(18)19)6-2-3-7-13/h4-5,8H,2-3,6-7H2,1H3,(H,18,19). The minimum absolute atomic E-state index is 0.120. The van der Waals surface area contributed by atoms with Crippen LogP contribution in [-0.2, 0) is 16.4 Å². The zero-order valence-electron chi connectivity index (χ0n) is 10.5. The third-order valence-electron chi connectivity index (χ3n) is 3.96. The number of hydrogen-bond acceptors (Lipinski definition) is 1. The van der Waals surface area contributed by atoms with E-state index >= 15 is 0 Å². The van der Waals surface area contributed by atoms with Gasteiger partial charge in [-0.3, -0.25) is 4.79 Å². The predicted molar refractivity (Wildman–Crippen MR) is 64.0 cm³/mol. The summed E-state index contributed by atoms with van der Waals surface area (Å²) in [6.07, 6.45) is -2.16. The molecule has 1 fully saturated rings. The maximum atomic E-state index is 12.9. The zero-order chi connectivity index (χ0) is 14.3. The van der Waals surface area contributed by atoms with Crippen LogP contribution in [0.25, 0.3) is 0 Å². The quantitative estimate of drug-likeness (QED) is 0.886. The summed E-state index contributed by atoms with van der Waals surface area (Å²) in [4.78, 5) is 11.5. The van der Waals surface area contributed by atoms with Gasteiger partial charge in [-0.05, 0) is 37.0 Å². The van der Waals surface area contributed by atoms with Crippen molar-refractivity contribution in [3.8, 4) is 0 Å². The van der Waals surface area contributed by atoms with Gasteiger partial charge in [-0.2, -0.15) is 13.2 Å². The molecule has 0 atom stereocenters. The number of carboxylic acids is 1. The number of alkyl halides is 3. The monoisotopic (exact) mass is 272 g/mol. The molecule has 0 aliphatic heterocycles. The molecule has 0 bridgehead atoms. The van der Waals surface area contributed by atoms with E-state index in [1.54, 1.807) is 0 Å². The molecule has 1 N–H and O–H groups in total. The van der Waals surface area contributed by atoms with E-state index in [-0.39, 0.29) is 11.1 Å². The number of rotatable bonds is 2. The van der Waals surface area contributed by atoms with Gasteiger partial charge in [0, 0.05) is 0 Å². The predicted octanol–water partition coefficient (Wildman–Crippen LogP) is 3.91. The van der Waals surface area contributed by atoms with Crippen molar-refractivity contribution in [2.24, 2.45) is 0 Å². The van der Waals surface area contributed by atoms with E-state index in [1.807, 2.05) is 0 Å². The van der Waals surface area contributed by atoms with E-state index in [1.165, 1.54) is 19.1 Å². The topological polar surface area (TPSA) is 37.3 Å². The normalized spacial score (nSPS) is 18.5. The van der Waals surface area contributed by atoms with Crippen molar-refractivity contribution in [2.45, 2.75) is 44.2 Å². The Hall–Kier alpha value is -1.52. The second-order valence-electron chi connectivity index (χ2n) is 5.12. The summed E-state index contributed by atoms with van der Waals surface area (Å²) in [7, 11) is 0. The molecule has 0 heterocycles. The van der Waals surface area contributed by atoms with Gasteiger partial charge in [0.1, 0.15) is 0 Å². The fourth-order valence-corrected chi connectivity index (χ4v) is 2.83. The second kappa shape index (κ2) is 4.54. The molecule has 0 radical (unpaired) electrons. The van der Waals surface area contributed by atoms with Crippen molar-refractivity contribution in [2.75, 3.05) is 0 Å². The number of aryl methyl sites for hydroxylation is 1. The summed E-state index contributed by atoms with van der Waals surface area (Å²) in [5.41, 5.74) is -1.49. The largest absolute Gasteiger partial charge is 0.481 e. The molecule has 0 amide bonds. The Labute approximate surface area is 109 Å². The highest BCUT2D eigenvalue weighted by Crippen LogP contribution is 2.43. The molecule has 19 heavy (non-hydrogen) atoms. The highest BCUT2D eigenvalue weighted by molar-refractivity contribution is 5.82. The zero-order valence-corrected chi connectivity index (χ0v) is 10.5. The molecular formula is C14H15F3O2. The number of carboxylic acid groups (broad SMARTS) is 1. The molecule has 0 spiro atoms. The second-order valence-corrected chi connectivity index (χ2v) is 5.12. The van der Waals surface area contributed by atoms with Crippen LogP contribution in [0, 0.1) is 6.92 Å². The number of benzene rings is 1. The van der Waals surface area contributed by atoms with E-state index in [2.05, 4.69) is 0 Å². The molecule has 5 heteroatoms. The summed E-state index contributed by atoms with van der Waals surface area (Å²) in [6.45, 7) is 1.38. The SMILES string of the molecule is Cc1ccc(C2(C(=O)O)CCCC2)cc1C(F)(F)F. The first-order valence-electron chi connectivity index (χ1n) is 6.19. The maximum Gasteiger partial charge on any atom is 0.416 e. The average Bonchev–Trinajstić information content (AvgIpc) is 2.78. The van der Waals surface area contributed by atoms with Crippen LogP contribution in [0.15, 0.2) is 18.2 Å². The molecule has 2 rings (SSSR count). The Kier molecular flexibility index (Phi) is 3.32. The van der Waals surface area contributed by atoms with Gasteiger partial charge in [0.05, 0.1) is 11.0 Å². The van der Waals surface area contributed by atoms with Crippen molar-refractivity contribution in [3.63, 3.8) is 0 Å². The summed E-state index contributed by atoms with van der Waals surface area (Å²) in [5, 5.41) is 9.40. The van der Waals surface area contributed by atoms with Gasteiger partial charge < -0.3 is 5.11 Å². The third kappa shape index (κ3) is 2.33. The van der Waals surface area contributed by atoms with Gasteiger partial charge in [0.2, 0.25) is 0 Å². The van der Waals surface area contributed by atoms with Gasteiger partial charge >= 0.3 is 12.1 Å². The summed E-state index contributed by atoms with van der Waals surface area (Å²) in [6, 6.07) is 3.89. The van der Waals surface area contributed by atoms with Crippen LogP contribution in [0.3, 0.4) is 0 Å². The molecule has 1 aliphatic rings. The van der Waals surface area contributed by atoms with E-state index in [0.717, 1.165) is 18.9 Å². The lowest BCUT2D eigenvalue weighted by molar-refractivity contribution is -0.144. The number of carbonyl (C=O) groups is 1. The molecule has 0 aromatic heterocycles. The van der Waals surface area contributed by atoms with Crippen molar-refractivity contribution in [1.29, 1.82) is 0 Å². The van der Waals surface area contributed by atoms with Crippen LogP contribution in [0.4, 0.5) is 13.2 Å². The van der Waals surface area contributed by atoms with Crippen LogP contribution < -0.4 is 0 Å². The fourth-order valence-electron chi connectivity index (χ4n) is 2.83.